The molecule has 0 saturated carbocycles. The van der Waals surface area contributed by atoms with Crippen LogP contribution in [0, 0.1) is 20.8 Å². The first-order valence-corrected chi connectivity index (χ1v) is 8.29. The lowest BCUT2D eigenvalue weighted by molar-refractivity contribution is 0.0942. The number of benzene rings is 2. The fourth-order valence-electron chi connectivity index (χ4n) is 2.76. The monoisotopic (exact) mass is 325 g/mol. The van der Waals surface area contributed by atoms with E-state index in [4.69, 9.17) is 5.73 Å². The third-order valence-corrected chi connectivity index (χ3v) is 4.21. The molecule has 0 aliphatic carbocycles. The van der Waals surface area contributed by atoms with Gasteiger partial charge in [0.1, 0.15) is 0 Å². The number of nitrogen functional groups attached to an aromatic ring is 1. The summed E-state index contributed by atoms with van der Waals surface area (Å²) in [6, 6.07) is 9.93. The van der Waals surface area contributed by atoms with Crippen LogP contribution in [0.1, 0.15) is 46.5 Å². The van der Waals surface area contributed by atoms with E-state index in [1.807, 2.05) is 58.0 Å². The molecule has 0 aromatic heterocycles. The van der Waals surface area contributed by atoms with Crippen LogP contribution in [0.5, 0.6) is 0 Å². The first-order chi connectivity index (χ1) is 11.3. The van der Waals surface area contributed by atoms with Crippen molar-refractivity contribution in [3.63, 3.8) is 0 Å². The van der Waals surface area contributed by atoms with Crippen LogP contribution in [0.25, 0.3) is 0 Å². The molecule has 4 N–H and O–H groups in total. The third kappa shape index (κ3) is 4.07. The first kappa shape index (κ1) is 17.9. The molecule has 0 bridgehead atoms. The van der Waals surface area contributed by atoms with E-state index < -0.39 is 0 Å². The quantitative estimate of drug-likeness (QED) is 0.729. The smallest absolute Gasteiger partial charge is 0.251 e. The molecule has 4 heteroatoms. The van der Waals surface area contributed by atoms with Crippen molar-refractivity contribution >= 4 is 17.3 Å². The van der Waals surface area contributed by atoms with E-state index in [0.717, 1.165) is 40.2 Å². The molecule has 0 saturated heterocycles. The maximum atomic E-state index is 12.4. The SMILES string of the molecule is Cc1cc(C(=O)NC(C)C)c(C)c(C)c1NCc1ccc(N)cc1. The zero-order valence-corrected chi connectivity index (χ0v) is 15.2. The second-order valence-electron chi connectivity index (χ2n) is 6.59. The zero-order valence-electron chi connectivity index (χ0n) is 15.2. The number of hydrogen-bond acceptors (Lipinski definition) is 3. The Kier molecular flexibility index (Phi) is 5.50. The molecule has 128 valence electrons. The normalized spacial score (nSPS) is 10.8. The summed E-state index contributed by atoms with van der Waals surface area (Å²) in [5.41, 5.74) is 12.7. The van der Waals surface area contributed by atoms with E-state index in [1.54, 1.807) is 0 Å². The van der Waals surface area contributed by atoms with Crippen LogP contribution < -0.4 is 16.4 Å². The summed E-state index contributed by atoms with van der Waals surface area (Å²) in [5, 5.41) is 6.46. The minimum absolute atomic E-state index is 0.0150. The maximum Gasteiger partial charge on any atom is 0.251 e. The van der Waals surface area contributed by atoms with Crippen LogP contribution in [0.3, 0.4) is 0 Å². The number of hydrogen-bond donors (Lipinski definition) is 3. The molecule has 4 nitrogen and oxygen atoms in total. The van der Waals surface area contributed by atoms with Crippen molar-refractivity contribution in [3.05, 3.63) is 58.1 Å². The minimum atomic E-state index is -0.0150. The van der Waals surface area contributed by atoms with Gasteiger partial charge < -0.3 is 16.4 Å². The van der Waals surface area contributed by atoms with Gasteiger partial charge in [-0.1, -0.05) is 12.1 Å². The Morgan fingerprint density at radius 3 is 2.29 bits per heavy atom. The number of carbonyl (C=O) groups is 1. The topological polar surface area (TPSA) is 67.2 Å². The van der Waals surface area contributed by atoms with Crippen LogP contribution in [0.15, 0.2) is 30.3 Å². The predicted molar refractivity (Wildman–Crippen MR) is 101 cm³/mol. The number of anilines is 2. The van der Waals surface area contributed by atoms with Crippen molar-refractivity contribution in [2.24, 2.45) is 0 Å². The number of aryl methyl sites for hydroxylation is 1. The highest BCUT2D eigenvalue weighted by molar-refractivity contribution is 5.97. The van der Waals surface area contributed by atoms with Gasteiger partial charge >= 0.3 is 0 Å². The van der Waals surface area contributed by atoms with Gasteiger partial charge in [-0.05, 0) is 75.1 Å². The second-order valence-corrected chi connectivity index (χ2v) is 6.59. The highest BCUT2D eigenvalue weighted by Gasteiger charge is 2.16. The molecule has 1 amide bonds. The summed E-state index contributed by atoms with van der Waals surface area (Å²) >= 11 is 0. The Labute approximate surface area is 144 Å². The lowest BCUT2D eigenvalue weighted by Gasteiger charge is -2.19. The summed E-state index contributed by atoms with van der Waals surface area (Å²) in [4.78, 5) is 12.4. The van der Waals surface area contributed by atoms with Crippen molar-refractivity contribution in [1.29, 1.82) is 0 Å². The number of rotatable bonds is 5. The molecular weight excluding hydrogens is 298 g/mol. The van der Waals surface area contributed by atoms with Gasteiger partial charge in [-0.3, -0.25) is 4.79 Å². The van der Waals surface area contributed by atoms with Gasteiger partial charge in [0.05, 0.1) is 0 Å². The summed E-state index contributed by atoms with van der Waals surface area (Å²) in [6.45, 7) is 10.7. The zero-order chi connectivity index (χ0) is 17.9. The Balaban J connectivity index is 2.23. The maximum absolute atomic E-state index is 12.4. The molecule has 0 fully saturated rings. The molecule has 0 aliphatic heterocycles. The Bertz CT molecular complexity index is 734. The largest absolute Gasteiger partial charge is 0.399 e. The molecule has 0 heterocycles. The van der Waals surface area contributed by atoms with Gasteiger partial charge in [0.25, 0.3) is 5.91 Å². The van der Waals surface area contributed by atoms with Crippen molar-refractivity contribution in [1.82, 2.24) is 5.32 Å². The van der Waals surface area contributed by atoms with E-state index in [-0.39, 0.29) is 11.9 Å². The summed E-state index contributed by atoms with van der Waals surface area (Å²) in [6.07, 6.45) is 0. The highest BCUT2D eigenvalue weighted by atomic mass is 16.1. The van der Waals surface area contributed by atoms with Crippen LogP contribution in [0.4, 0.5) is 11.4 Å². The molecule has 2 aromatic carbocycles. The first-order valence-electron chi connectivity index (χ1n) is 8.29. The standard InChI is InChI=1S/C20H27N3O/c1-12(2)23-20(24)18-10-13(3)19(15(5)14(18)4)22-11-16-6-8-17(21)9-7-16/h6-10,12,22H,11,21H2,1-5H3,(H,23,24). The average molecular weight is 325 g/mol. The molecule has 0 spiro atoms. The van der Waals surface area contributed by atoms with Gasteiger partial charge in [0.2, 0.25) is 0 Å². The van der Waals surface area contributed by atoms with Crippen LogP contribution >= 0.6 is 0 Å². The van der Waals surface area contributed by atoms with E-state index in [9.17, 15) is 4.79 Å². The fraction of sp³-hybridized carbons (Fsp3) is 0.350. The third-order valence-electron chi connectivity index (χ3n) is 4.21. The molecule has 2 rings (SSSR count). The summed E-state index contributed by atoms with van der Waals surface area (Å²) in [7, 11) is 0. The van der Waals surface area contributed by atoms with Crippen molar-refractivity contribution in [3.8, 4) is 0 Å². The van der Waals surface area contributed by atoms with Crippen molar-refractivity contribution < 1.29 is 4.79 Å². The number of nitrogens with one attached hydrogen (secondary N) is 2. The molecule has 0 aliphatic rings. The van der Waals surface area contributed by atoms with Gasteiger partial charge in [0, 0.05) is 29.5 Å². The van der Waals surface area contributed by atoms with Gasteiger partial charge in [-0.15, -0.1) is 0 Å². The summed E-state index contributed by atoms with van der Waals surface area (Å²) < 4.78 is 0. The number of amides is 1. The molecular formula is C20H27N3O. The van der Waals surface area contributed by atoms with Crippen LogP contribution in [-0.2, 0) is 6.54 Å². The molecule has 2 aromatic rings. The highest BCUT2D eigenvalue weighted by Crippen LogP contribution is 2.27. The number of nitrogens with two attached hydrogens (primary N) is 1. The van der Waals surface area contributed by atoms with E-state index in [2.05, 4.69) is 17.6 Å². The predicted octanol–water partition coefficient (Wildman–Crippen LogP) is 3.94. The molecule has 0 unspecified atom stereocenters. The molecule has 24 heavy (non-hydrogen) atoms. The van der Waals surface area contributed by atoms with Crippen LogP contribution in [-0.4, -0.2) is 11.9 Å². The molecule has 0 atom stereocenters. The van der Waals surface area contributed by atoms with E-state index in [1.165, 1.54) is 5.56 Å². The van der Waals surface area contributed by atoms with Crippen LogP contribution in [0.2, 0.25) is 0 Å². The van der Waals surface area contributed by atoms with E-state index >= 15 is 0 Å². The lowest BCUT2D eigenvalue weighted by atomic mass is 9.96. The van der Waals surface area contributed by atoms with Gasteiger partial charge in [0.15, 0.2) is 0 Å². The van der Waals surface area contributed by atoms with Gasteiger partial charge in [-0.2, -0.15) is 0 Å². The summed E-state index contributed by atoms with van der Waals surface area (Å²) in [5.74, 6) is -0.0150. The number of carbonyl (C=O) groups excluding carboxylic acids is 1. The Morgan fingerprint density at radius 1 is 1.08 bits per heavy atom. The Hall–Kier alpha value is -2.49. The fourth-order valence-corrected chi connectivity index (χ4v) is 2.76. The average Bonchev–Trinajstić information content (AvgIpc) is 2.51. The Morgan fingerprint density at radius 2 is 1.71 bits per heavy atom. The lowest BCUT2D eigenvalue weighted by Crippen LogP contribution is -2.31. The second kappa shape index (κ2) is 7.39. The van der Waals surface area contributed by atoms with Crippen molar-refractivity contribution in [2.75, 3.05) is 11.1 Å². The van der Waals surface area contributed by atoms with Crippen molar-refractivity contribution in [2.45, 2.75) is 47.2 Å². The van der Waals surface area contributed by atoms with E-state index in [0.29, 0.717) is 0 Å². The molecule has 0 radical (unpaired) electrons. The van der Waals surface area contributed by atoms with Gasteiger partial charge in [-0.25, -0.2) is 0 Å². The minimum Gasteiger partial charge on any atom is -0.399 e.